The third-order valence-corrected chi connectivity index (χ3v) is 4.92. The van der Waals surface area contributed by atoms with Crippen molar-refractivity contribution in [2.75, 3.05) is 6.61 Å². The molecule has 0 aromatic carbocycles. The maximum Gasteiger partial charge on any atom is 0.417 e. The van der Waals surface area contributed by atoms with Gasteiger partial charge in [-0.25, -0.2) is 19.4 Å². The quantitative estimate of drug-likeness (QED) is 0.614. The van der Waals surface area contributed by atoms with Crippen molar-refractivity contribution in [1.29, 1.82) is 0 Å². The summed E-state index contributed by atoms with van der Waals surface area (Å²) >= 11 is 1.50. The Morgan fingerprint density at radius 1 is 1.22 bits per heavy atom. The second-order valence-corrected chi connectivity index (χ2v) is 6.64. The van der Waals surface area contributed by atoms with E-state index >= 15 is 0 Å². The van der Waals surface area contributed by atoms with Gasteiger partial charge in [0.15, 0.2) is 5.82 Å². The Bertz CT molecular complexity index is 948. The molecule has 3 heterocycles. The Balaban J connectivity index is 1.69. The number of carbonyl (C=O) groups is 1. The van der Waals surface area contributed by atoms with Crippen LogP contribution in [-0.4, -0.2) is 32.3 Å². The largest absolute Gasteiger partial charge is 0.462 e. The maximum absolute atomic E-state index is 12.6. The van der Waals surface area contributed by atoms with Crippen LogP contribution in [0.3, 0.4) is 0 Å². The third-order valence-electron chi connectivity index (χ3n) is 3.93. The topological polar surface area (TPSA) is 69.9 Å². The molecule has 0 aliphatic carbocycles. The molecule has 0 saturated carbocycles. The molecule has 0 unspecified atom stereocenters. The standard InChI is InChI=1S/C17H15F3N4O2S/c1-10-14(27-9-22-10)5-6-26-16(25)13-8-23-24(11(13)2)15-4-3-12(7-21-15)17(18,19)20/h3-4,7-9H,5-6H2,1-2H3. The van der Waals surface area contributed by atoms with Crippen LogP contribution >= 0.6 is 11.3 Å². The van der Waals surface area contributed by atoms with Gasteiger partial charge in [0.05, 0.1) is 35.3 Å². The number of halogens is 3. The van der Waals surface area contributed by atoms with E-state index in [0.717, 1.165) is 22.8 Å². The van der Waals surface area contributed by atoms with Crippen LogP contribution in [0.4, 0.5) is 13.2 Å². The zero-order chi connectivity index (χ0) is 19.6. The Labute approximate surface area is 156 Å². The molecule has 0 saturated heterocycles. The predicted molar refractivity (Wildman–Crippen MR) is 91.9 cm³/mol. The van der Waals surface area contributed by atoms with Gasteiger partial charge in [-0.05, 0) is 26.0 Å². The summed E-state index contributed by atoms with van der Waals surface area (Å²) in [5.74, 6) is -0.368. The van der Waals surface area contributed by atoms with E-state index in [-0.39, 0.29) is 18.0 Å². The Morgan fingerprint density at radius 3 is 2.59 bits per heavy atom. The first-order valence-electron chi connectivity index (χ1n) is 7.91. The molecule has 0 aliphatic rings. The number of hydrogen-bond donors (Lipinski definition) is 0. The van der Waals surface area contributed by atoms with E-state index < -0.39 is 17.7 Å². The lowest BCUT2D eigenvalue weighted by atomic mass is 10.2. The van der Waals surface area contributed by atoms with E-state index in [1.165, 1.54) is 28.3 Å². The normalized spacial score (nSPS) is 11.6. The van der Waals surface area contributed by atoms with Gasteiger partial charge in [0.25, 0.3) is 0 Å². The van der Waals surface area contributed by atoms with Gasteiger partial charge >= 0.3 is 12.1 Å². The van der Waals surface area contributed by atoms with Gasteiger partial charge in [0.2, 0.25) is 0 Å². The van der Waals surface area contributed by atoms with Crippen molar-refractivity contribution in [2.45, 2.75) is 26.4 Å². The molecule has 0 fully saturated rings. The zero-order valence-electron chi connectivity index (χ0n) is 14.4. The third kappa shape index (κ3) is 4.16. The van der Waals surface area contributed by atoms with Crippen LogP contribution in [0.25, 0.3) is 5.82 Å². The molecule has 10 heteroatoms. The minimum absolute atomic E-state index is 0.180. The molecule has 0 N–H and O–H groups in total. The number of nitrogens with zero attached hydrogens (tertiary/aromatic N) is 4. The molecule has 0 spiro atoms. The van der Waals surface area contributed by atoms with E-state index in [1.54, 1.807) is 12.4 Å². The van der Waals surface area contributed by atoms with E-state index in [2.05, 4.69) is 15.1 Å². The fourth-order valence-corrected chi connectivity index (χ4v) is 3.16. The Kier molecular flexibility index (Phi) is 5.26. The highest BCUT2D eigenvalue weighted by atomic mass is 32.1. The van der Waals surface area contributed by atoms with Crippen LogP contribution in [0.1, 0.15) is 32.2 Å². The fraction of sp³-hybridized carbons (Fsp3) is 0.294. The van der Waals surface area contributed by atoms with Crippen molar-refractivity contribution < 1.29 is 22.7 Å². The molecular weight excluding hydrogens is 381 g/mol. The second-order valence-electron chi connectivity index (χ2n) is 5.71. The molecule has 3 aromatic rings. The number of alkyl halides is 3. The zero-order valence-corrected chi connectivity index (χ0v) is 15.3. The number of hydrogen-bond acceptors (Lipinski definition) is 6. The minimum Gasteiger partial charge on any atom is -0.462 e. The second kappa shape index (κ2) is 7.47. The number of thiazole rings is 1. The molecule has 0 atom stereocenters. The molecule has 0 bridgehead atoms. The number of rotatable bonds is 5. The highest BCUT2D eigenvalue weighted by molar-refractivity contribution is 7.09. The van der Waals surface area contributed by atoms with Crippen LogP contribution in [0.2, 0.25) is 0 Å². The molecule has 0 amide bonds. The lowest BCUT2D eigenvalue weighted by Gasteiger charge is -2.08. The monoisotopic (exact) mass is 396 g/mol. The van der Waals surface area contributed by atoms with E-state index in [1.807, 2.05) is 6.92 Å². The summed E-state index contributed by atoms with van der Waals surface area (Å²) in [6.45, 7) is 3.71. The van der Waals surface area contributed by atoms with Gasteiger partial charge in [-0.3, -0.25) is 0 Å². The predicted octanol–water partition coefficient (Wildman–Crippen LogP) is 3.76. The Hall–Kier alpha value is -2.75. The van der Waals surface area contributed by atoms with Gasteiger partial charge in [-0.1, -0.05) is 0 Å². The minimum atomic E-state index is -4.46. The molecular formula is C17H15F3N4O2S. The summed E-state index contributed by atoms with van der Waals surface area (Å²) in [7, 11) is 0. The number of aromatic nitrogens is 4. The number of carbonyl (C=O) groups excluding carboxylic acids is 1. The van der Waals surface area contributed by atoms with Gasteiger partial charge in [0.1, 0.15) is 5.56 Å². The highest BCUT2D eigenvalue weighted by Gasteiger charge is 2.30. The number of ether oxygens (including phenoxy) is 1. The molecule has 0 radical (unpaired) electrons. The van der Waals surface area contributed by atoms with Crippen molar-refractivity contribution in [3.63, 3.8) is 0 Å². The average Bonchev–Trinajstić information content (AvgIpc) is 3.20. The summed E-state index contributed by atoms with van der Waals surface area (Å²) in [4.78, 5) is 21.2. The number of aryl methyl sites for hydroxylation is 1. The Morgan fingerprint density at radius 2 is 2.00 bits per heavy atom. The summed E-state index contributed by atoms with van der Waals surface area (Å²) in [5, 5.41) is 4.04. The smallest absolute Gasteiger partial charge is 0.417 e. The van der Waals surface area contributed by atoms with Gasteiger partial charge in [0, 0.05) is 17.5 Å². The van der Waals surface area contributed by atoms with Crippen molar-refractivity contribution >= 4 is 17.3 Å². The first-order chi connectivity index (χ1) is 12.8. The number of pyridine rings is 1. The van der Waals surface area contributed by atoms with Crippen LogP contribution in [0.15, 0.2) is 30.0 Å². The fourth-order valence-electron chi connectivity index (χ4n) is 2.40. The van der Waals surface area contributed by atoms with Crippen molar-refractivity contribution in [3.05, 3.63) is 57.4 Å². The van der Waals surface area contributed by atoms with E-state index in [0.29, 0.717) is 12.1 Å². The van der Waals surface area contributed by atoms with E-state index in [9.17, 15) is 18.0 Å². The van der Waals surface area contributed by atoms with Crippen molar-refractivity contribution in [3.8, 4) is 5.82 Å². The summed E-state index contributed by atoms with van der Waals surface area (Å²) in [6.07, 6.45) is -1.85. The van der Waals surface area contributed by atoms with Crippen LogP contribution < -0.4 is 0 Å². The van der Waals surface area contributed by atoms with Gasteiger partial charge in [-0.2, -0.15) is 18.3 Å². The molecule has 0 aliphatic heterocycles. The molecule has 6 nitrogen and oxygen atoms in total. The van der Waals surface area contributed by atoms with Crippen molar-refractivity contribution in [1.82, 2.24) is 19.7 Å². The van der Waals surface area contributed by atoms with Gasteiger partial charge < -0.3 is 4.74 Å². The lowest BCUT2D eigenvalue weighted by molar-refractivity contribution is -0.137. The lowest BCUT2D eigenvalue weighted by Crippen LogP contribution is -2.10. The number of esters is 1. The molecule has 27 heavy (non-hydrogen) atoms. The average molecular weight is 396 g/mol. The van der Waals surface area contributed by atoms with E-state index in [4.69, 9.17) is 4.74 Å². The van der Waals surface area contributed by atoms with Crippen molar-refractivity contribution in [2.24, 2.45) is 0 Å². The maximum atomic E-state index is 12.6. The first kappa shape index (κ1) is 19.0. The molecule has 3 rings (SSSR count). The van der Waals surface area contributed by atoms with Crippen LogP contribution in [0, 0.1) is 13.8 Å². The van der Waals surface area contributed by atoms with Gasteiger partial charge in [-0.15, -0.1) is 11.3 Å². The van der Waals surface area contributed by atoms with Crippen LogP contribution in [0.5, 0.6) is 0 Å². The summed E-state index contributed by atoms with van der Waals surface area (Å²) < 4.78 is 44.5. The summed E-state index contributed by atoms with van der Waals surface area (Å²) in [6, 6.07) is 2.11. The SMILES string of the molecule is Cc1ncsc1CCOC(=O)c1cnn(-c2ccc(C(F)(F)F)cn2)c1C. The first-order valence-corrected chi connectivity index (χ1v) is 8.79. The highest BCUT2D eigenvalue weighted by Crippen LogP contribution is 2.28. The summed E-state index contributed by atoms with van der Waals surface area (Å²) in [5.41, 5.74) is 2.46. The molecule has 3 aromatic heterocycles. The molecule has 142 valence electrons. The van der Waals surface area contributed by atoms with Crippen LogP contribution in [-0.2, 0) is 17.3 Å².